The Hall–Kier alpha value is -3.96. The zero-order valence-electron chi connectivity index (χ0n) is 16.8. The van der Waals surface area contributed by atoms with Gasteiger partial charge in [0, 0.05) is 5.56 Å². The predicted molar refractivity (Wildman–Crippen MR) is 122 cm³/mol. The third-order valence-corrected chi connectivity index (χ3v) is 4.92. The zero-order chi connectivity index (χ0) is 21.5. The number of nitrogens with zero attached hydrogens (tertiary/aromatic N) is 1. The smallest absolute Gasteiger partial charge is 0.273 e. The molecule has 0 radical (unpaired) electrons. The van der Waals surface area contributed by atoms with Crippen LogP contribution in [0.15, 0.2) is 102 Å². The number of fused-ring (bicyclic) bond motifs is 1. The van der Waals surface area contributed by atoms with Crippen molar-refractivity contribution in [3.8, 4) is 5.75 Å². The molecule has 31 heavy (non-hydrogen) atoms. The van der Waals surface area contributed by atoms with Crippen molar-refractivity contribution >= 4 is 22.9 Å². The Morgan fingerprint density at radius 3 is 2.48 bits per heavy atom. The SMILES string of the molecule is O=C(N/N=C\c1ccccc1OCc1cccc2ccccc12)[C@@H](O)c1ccccc1. The van der Waals surface area contributed by atoms with Gasteiger partial charge >= 0.3 is 0 Å². The number of hydrazone groups is 1. The van der Waals surface area contributed by atoms with Crippen LogP contribution < -0.4 is 10.2 Å². The van der Waals surface area contributed by atoms with Crippen LogP contribution in [0.4, 0.5) is 0 Å². The lowest BCUT2D eigenvalue weighted by molar-refractivity contribution is -0.129. The highest BCUT2D eigenvalue weighted by molar-refractivity contribution is 5.87. The van der Waals surface area contributed by atoms with Crippen LogP contribution in [0.1, 0.15) is 22.8 Å². The molecule has 2 N–H and O–H groups in total. The summed E-state index contributed by atoms with van der Waals surface area (Å²) in [5.41, 5.74) is 4.69. The largest absolute Gasteiger partial charge is 0.488 e. The minimum absolute atomic E-state index is 0.408. The topological polar surface area (TPSA) is 70.9 Å². The molecular formula is C26H22N2O3. The molecule has 0 bridgehead atoms. The fourth-order valence-electron chi connectivity index (χ4n) is 3.31. The second kappa shape index (κ2) is 9.69. The van der Waals surface area contributed by atoms with Gasteiger partial charge in [0.05, 0.1) is 6.21 Å². The van der Waals surface area contributed by atoms with E-state index in [4.69, 9.17) is 4.74 Å². The van der Waals surface area contributed by atoms with Gasteiger partial charge in [-0.1, -0.05) is 84.9 Å². The maximum absolute atomic E-state index is 12.1. The first-order chi connectivity index (χ1) is 15.2. The summed E-state index contributed by atoms with van der Waals surface area (Å²) in [6.07, 6.45) is 0.227. The number of carbonyl (C=O) groups excluding carboxylic acids is 1. The predicted octanol–water partition coefficient (Wildman–Crippen LogP) is 4.60. The zero-order valence-corrected chi connectivity index (χ0v) is 16.8. The van der Waals surface area contributed by atoms with Crippen molar-refractivity contribution < 1.29 is 14.6 Å². The van der Waals surface area contributed by atoms with Gasteiger partial charge < -0.3 is 9.84 Å². The highest BCUT2D eigenvalue weighted by Crippen LogP contribution is 2.22. The van der Waals surface area contributed by atoms with E-state index in [1.807, 2.05) is 54.6 Å². The summed E-state index contributed by atoms with van der Waals surface area (Å²) < 4.78 is 6.05. The lowest BCUT2D eigenvalue weighted by Gasteiger charge is -2.11. The second-order valence-electron chi connectivity index (χ2n) is 7.01. The first kappa shape index (κ1) is 20.3. The molecule has 0 heterocycles. The minimum Gasteiger partial charge on any atom is -0.488 e. The lowest BCUT2D eigenvalue weighted by atomic mass is 10.1. The van der Waals surface area contributed by atoms with Crippen molar-refractivity contribution in [2.75, 3.05) is 0 Å². The number of nitrogens with one attached hydrogen (secondary N) is 1. The normalized spacial score (nSPS) is 12.0. The Morgan fingerprint density at radius 1 is 0.903 bits per heavy atom. The number of benzene rings is 4. The van der Waals surface area contributed by atoms with Gasteiger partial charge in [-0.15, -0.1) is 0 Å². The van der Waals surface area contributed by atoms with Crippen LogP contribution >= 0.6 is 0 Å². The molecule has 4 rings (SSSR count). The average Bonchev–Trinajstić information content (AvgIpc) is 2.83. The molecule has 0 saturated heterocycles. The fraction of sp³-hybridized carbons (Fsp3) is 0.0769. The summed E-state index contributed by atoms with van der Waals surface area (Å²) in [4.78, 5) is 12.1. The van der Waals surface area contributed by atoms with E-state index in [1.54, 1.807) is 24.3 Å². The Labute approximate surface area is 180 Å². The molecule has 0 aromatic heterocycles. The number of rotatable bonds is 7. The standard InChI is InChI=1S/C26H22N2O3/c29-25(20-10-2-1-3-11-20)26(30)28-27-17-21-12-5-7-16-24(21)31-18-22-14-8-13-19-9-4-6-15-23(19)22/h1-17,25,29H,18H2,(H,28,30)/b27-17-/t25-/m0/s1. The molecule has 0 unspecified atom stereocenters. The van der Waals surface area contributed by atoms with E-state index in [2.05, 4.69) is 28.7 Å². The van der Waals surface area contributed by atoms with Crippen molar-refractivity contribution in [1.29, 1.82) is 0 Å². The van der Waals surface area contributed by atoms with Crippen molar-refractivity contribution in [2.45, 2.75) is 12.7 Å². The first-order valence-corrected chi connectivity index (χ1v) is 9.97. The molecule has 0 fully saturated rings. The van der Waals surface area contributed by atoms with Crippen LogP contribution in [0.5, 0.6) is 5.75 Å². The van der Waals surface area contributed by atoms with Gasteiger partial charge in [0.2, 0.25) is 0 Å². The van der Waals surface area contributed by atoms with E-state index in [1.165, 1.54) is 6.21 Å². The van der Waals surface area contributed by atoms with E-state index < -0.39 is 12.0 Å². The Bertz CT molecular complexity index is 1200. The van der Waals surface area contributed by atoms with E-state index in [0.717, 1.165) is 21.9 Å². The van der Waals surface area contributed by atoms with E-state index in [-0.39, 0.29) is 0 Å². The van der Waals surface area contributed by atoms with Crippen molar-refractivity contribution in [3.63, 3.8) is 0 Å². The molecular weight excluding hydrogens is 388 g/mol. The first-order valence-electron chi connectivity index (χ1n) is 9.97. The molecule has 5 heteroatoms. The van der Waals surface area contributed by atoms with Gasteiger partial charge in [-0.2, -0.15) is 5.10 Å². The molecule has 0 spiro atoms. The van der Waals surface area contributed by atoms with Gasteiger partial charge in [-0.3, -0.25) is 4.79 Å². The average molecular weight is 410 g/mol. The summed E-state index contributed by atoms with van der Waals surface area (Å²) in [5, 5.41) is 16.4. The van der Waals surface area contributed by atoms with Crippen LogP contribution in [-0.4, -0.2) is 17.2 Å². The van der Waals surface area contributed by atoms with Crippen LogP contribution in [0, 0.1) is 0 Å². The molecule has 4 aromatic rings. The molecule has 1 atom stereocenters. The van der Waals surface area contributed by atoms with Crippen molar-refractivity contribution in [3.05, 3.63) is 114 Å². The Kier molecular flexibility index (Phi) is 6.35. The highest BCUT2D eigenvalue weighted by Gasteiger charge is 2.16. The van der Waals surface area contributed by atoms with Crippen molar-refractivity contribution in [2.24, 2.45) is 5.10 Å². The monoisotopic (exact) mass is 410 g/mol. The summed E-state index contributed by atoms with van der Waals surface area (Å²) in [6, 6.07) is 30.5. The molecule has 154 valence electrons. The molecule has 1 amide bonds. The third-order valence-electron chi connectivity index (χ3n) is 4.92. The van der Waals surface area contributed by atoms with Crippen LogP contribution in [0.2, 0.25) is 0 Å². The van der Waals surface area contributed by atoms with Crippen LogP contribution in [0.3, 0.4) is 0 Å². The van der Waals surface area contributed by atoms with Gasteiger partial charge in [0.15, 0.2) is 6.10 Å². The Morgan fingerprint density at radius 2 is 1.61 bits per heavy atom. The van der Waals surface area contributed by atoms with Gasteiger partial charge in [0.25, 0.3) is 5.91 Å². The molecule has 0 aliphatic rings. The quantitative estimate of drug-likeness (QED) is 0.345. The van der Waals surface area contributed by atoms with Gasteiger partial charge in [-0.05, 0) is 34.0 Å². The van der Waals surface area contributed by atoms with Crippen molar-refractivity contribution in [1.82, 2.24) is 5.43 Å². The summed E-state index contributed by atoms with van der Waals surface area (Å²) in [5.74, 6) is 0.0497. The molecule has 0 saturated carbocycles. The number of hydrogen-bond acceptors (Lipinski definition) is 4. The molecule has 0 aliphatic carbocycles. The highest BCUT2D eigenvalue weighted by atomic mass is 16.5. The number of ether oxygens (including phenoxy) is 1. The molecule has 0 aliphatic heterocycles. The van der Waals surface area contributed by atoms with Crippen LogP contribution in [0.25, 0.3) is 10.8 Å². The minimum atomic E-state index is -1.28. The number of amides is 1. The molecule has 4 aromatic carbocycles. The van der Waals surface area contributed by atoms with Crippen LogP contribution in [-0.2, 0) is 11.4 Å². The number of aliphatic hydroxyl groups excluding tert-OH is 1. The van der Waals surface area contributed by atoms with Gasteiger partial charge in [-0.25, -0.2) is 5.43 Å². The summed E-state index contributed by atoms with van der Waals surface area (Å²) in [7, 11) is 0. The third kappa shape index (κ3) is 4.97. The summed E-state index contributed by atoms with van der Waals surface area (Å²) >= 11 is 0. The van der Waals surface area contributed by atoms with E-state index in [0.29, 0.717) is 17.9 Å². The number of carbonyl (C=O) groups is 1. The van der Waals surface area contributed by atoms with E-state index in [9.17, 15) is 9.90 Å². The van der Waals surface area contributed by atoms with Gasteiger partial charge in [0.1, 0.15) is 12.4 Å². The lowest BCUT2D eigenvalue weighted by Crippen LogP contribution is -2.25. The maximum Gasteiger partial charge on any atom is 0.273 e. The number of aliphatic hydroxyl groups is 1. The fourth-order valence-corrected chi connectivity index (χ4v) is 3.31. The maximum atomic E-state index is 12.1. The second-order valence-corrected chi connectivity index (χ2v) is 7.01. The Balaban J connectivity index is 1.43. The number of para-hydroxylation sites is 1. The summed E-state index contributed by atoms with van der Waals surface area (Å²) in [6.45, 7) is 0.408. The van der Waals surface area contributed by atoms with E-state index >= 15 is 0 Å². The number of hydrogen-bond donors (Lipinski definition) is 2. The molecule has 5 nitrogen and oxygen atoms in total.